The summed E-state index contributed by atoms with van der Waals surface area (Å²) in [5.74, 6) is 0.348. The van der Waals surface area contributed by atoms with Crippen molar-refractivity contribution in [3.63, 3.8) is 0 Å². The molecule has 0 saturated carbocycles. The van der Waals surface area contributed by atoms with Crippen LogP contribution in [0.25, 0.3) is 22.6 Å². The first-order valence-corrected chi connectivity index (χ1v) is 10.9. The van der Waals surface area contributed by atoms with Crippen molar-refractivity contribution in [2.24, 2.45) is 0 Å². The lowest BCUT2D eigenvalue weighted by atomic mass is 10.2. The molecule has 1 aromatic carbocycles. The molecule has 0 spiro atoms. The molecule has 4 rings (SSSR count). The van der Waals surface area contributed by atoms with E-state index in [1.807, 2.05) is 17.5 Å². The molecule has 0 saturated heterocycles. The van der Waals surface area contributed by atoms with E-state index in [1.54, 1.807) is 41.9 Å². The van der Waals surface area contributed by atoms with Gasteiger partial charge >= 0.3 is 0 Å². The third-order valence-electron chi connectivity index (χ3n) is 4.68. The van der Waals surface area contributed by atoms with E-state index in [2.05, 4.69) is 20.3 Å². The van der Waals surface area contributed by atoms with Gasteiger partial charge in [0, 0.05) is 49.1 Å². The number of benzene rings is 1. The van der Waals surface area contributed by atoms with Crippen LogP contribution in [0, 0.1) is 5.82 Å². The number of hydrogen-bond donors (Lipinski definition) is 1. The predicted molar refractivity (Wildman–Crippen MR) is 117 cm³/mol. The fourth-order valence-corrected chi connectivity index (χ4v) is 3.92. The highest BCUT2D eigenvalue weighted by Gasteiger charge is 2.12. The molecule has 3 aromatic heterocycles. The van der Waals surface area contributed by atoms with Crippen molar-refractivity contribution in [3.05, 3.63) is 77.1 Å². The molecule has 0 aliphatic rings. The smallest absolute Gasteiger partial charge is 0.220 e. The maximum absolute atomic E-state index is 13.8. The van der Waals surface area contributed by atoms with Crippen LogP contribution in [-0.4, -0.2) is 27.4 Å². The van der Waals surface area contributed by atoms with Gasteiger partial charge in [-0.25, -0.2) is 14.4 Å². The average Bonchev–Trinajstić information content (AvgIpc) is 3.46. The van der Waals surface area contributed by atoms with Crippen LogP contribution in [0.2, 0.25) is 0 Å². The number of carbonyl (C=O) groups is 1. The fourth-order valence-electron chi connectivity index (χ4n) is 3.07. The first kappa shape index (κ1) is 20.9. The summed E-state index contributed by atoms with van der Waals surface area (Å²) in [6, 6.07) is 10.2. The molecule has 1 N–H and O–H groups in total. The minimum atomic E-state index is -0.365. The first-order valence-electron chi connectivity index (χ1n) is 10.00. The summed E-state index contributed by atoms with van der Waals surface area (Å²) >= 11 is 1.62. The number of amides is 1. The van der Waals surface area contributed by atoms with Crippen LogP contribution in [0.1, 0.15) is 23.7 Å². The molecule has 3 heterocycles. The highest BCUT2D eigenvalue weighted by atomic mass is 32.1. The first-order chi connectivity index (χ1) is 15.2. The second kappa shape index (κ2) is 10.1. The van der Waals surface area contributed by atoms with E-state index in [0.717, 1.165) is 29.1 Å². The zero-order chi connectivity index (χ0) is 21.5. The molecule has 8 heteroatoms. The van der Waals surface area contributed by atoms with Gasteiger partial charge < -0.3 is 9.73 Å². The third kappa shape index (κ3) is 5.61. The van der Waals surface area contributed by atoms with Gasteiger partial charge in [-0.1, -0.05) is 12.1 Å². The van der Waals surface area contributed by atoms with Crippen LogP contribution >= 0.6 is 11.3 Å². The van der Waals surface area contributed by atoms with Crippen molar-refractivity contribution >= 4 is 17.2 Å². The summed E-state index contributed by atoms with van der Waals surface area (Å²) in [5.41, 5.74) is 2.36. The van der Waals surface area contributed by atoms with Gasteiger partial charge in [0.25, 0.3) is 0 Å². The summed E-state index contributed by atoms with van der Waals surface area (Å²) in [5, 5.41) is 5.99. The Morgan fingerprint density at radius 2 is 1.97 bits per heavy atom. The van der Waals surface area contributed by atoms with Gasteiger partial charge in [-0.15, -0.1) is 11.3 Å². The number of nitrogens with one attached hydrogen (secondary N) is 1. The Morgan fingerprint density at radius 3 is 2.81 bits per heavy atom. The van der Waals surface area contributed by atoms with Crippen molar-refractivity contribution < 1.29 is 13.6 Å². The summed E-state index contributed by atoms with van der Waals surface area (Å²) in [6.07, 6.45) is 7.24. The van der Waals surface area contributed by atoms with Crippen LogP contribution in [-0.2, 0) is 17.6 Å². The Kier molecular flexibility index (Phi) is 6.78. The molecular weight excluding hydrogens is 415 g/mol. The number of nitrogens with zero attached hydrogens (tertiary/aromatic N) is 3. The van der Waals surface area contributed by atoms with Gasteiger partial charge in [-0.3, -0.25) is 9.78 Å². The molecular formula is C23H21FN4O2S. The average molecular weight is 437 g/mol. The van der Waals surface area contributed by atoms with Crippen molar-refractivity contribution in [2.45, 2.75) is 25.7 Å². The summed E-state index contributed by atoms with van der Waals surface area (Å²) < 4.78 is 19.4. The second-order valence-electron chi connectivity index (χ2n) is 6.91. The number of halogens is 1. The molecule has 0 unspecified atom stereocenters. The Morgan fingerprint density at radius 1 is 1.13 bits per heavy atom. The van der Waals surface area contributed by atoms with Crippen molar-refractivity contribution in [1.29, 1.82) is 0 Å². The van der Waals surface area contributed by atoms with E-state index < -0.39 is 0 Å². The highest BCUT2D eigenvalue weighted by Crippen LogP contribution is 2.24. The summed E-state index contributed by atoms with van der Waals surface area (Å²) in [4.78, 5) is 24.9. The Balaban J connectivity index is 1.18. The number of pyridine rings is 1. The van der Waals surface area contributed by atoms with Gasteiger partial charge in [0.2, 0.25) is 5.91 Å². The zero-order valence-electron chi connectivity index (χ0n) is 16.8. The quantitative estimate of drug-likeness (QED) is 0.385. The maximum atomic E-state index is 13.8. The molecule has 0 aliphatic carbocycles. The molecule has 158 valence electrons. The SMILES string of the molecule is O=C(CCc1ncc(-c2ccccc2F)o1)NCCCc1nc(-c2ccncc2)cs1. The lowest BCUT2D eigenvalue weighted by Gasteiger charge is -2.03. The molecule has 0 radical (unpaired) electrons. The molecule has 4 aromatic rings. The minimum Gasteiger partial charge on any atom is -0.441 e. The van der Waals surface area contributed by atoms with E-state index in [0.29, 0.717) is 30.2 Å². The van der Waals surface area contributed by atoms with Gasteiger partial charge in [0.15, 0.2) is 11.7 Å². The van der Waals surface area contributed by atoms with E-state index >= 15 is 0 Å². The number of carbonyl (C=O) groups excluding carboxylic acids is 1. The molecule has 31 heavy (non-hydrogen) atoms. The Bertz CT molecular complexity index is 1140. The molecule has 6 nitrogen and oxygen atoms in total. The Hall–Kier alpha value is -3.39. The molecule has 0 aliphatic heterocycles. The molecule has 0 fully saturated rings. The standard InChI is InChI=1S/C23H21FN4O2S/c24-18-5-2-1-4-17(18)20-14-27-22(30-20)8-7-21(29)26-11-3-6-23-28-19(15-31-23)16-9-12-25-13-10-16/h1-2,4-5,9-10,12-15H,3,6-8,11H2,(H,26,29). The van der Waals surface area contributed by atoms with Crippen LogP contribution < -0.4 is 5.32 Å². The minimum absolute atomic E-state index is 0.0674. The van der Waals surface area contributed by atoms with Gasteiger partial charge in [0.05, 0.1) is 22.5 Å². The summed E-state index contributed by atoms with van der Waals surface area (Å²) in [6.45, 7) is 0.578. The summed E-state index contributed by atoms with van der Waals surface area (Å²) in [7, 11) is 0. The number of aromatic nitrogens is 3. The monoisotopic (exact) mass is 436 g/mol. The lowest BCUT2D eigenvalue weighted by molar-refractivity contribution is -0.121. The van der Waals surface area contributed by atoms with E-state index in [9.17, 15) is 9.18 Å². The van der Waals surface area contributed by atoms with Crippen molar-refractivity contribution in [2.75, 3.05) is 6.54 Å². The number of hydrogen-bond acceptors (Lipinski definition) is 6. The second-order valence-corrected chi connectivity index (χ2v) is 7.86. The number of oxazole rings is 1. The zero-order valence-corrected chi connectivity index (χ0v) is 17.6. The van der Waals surface area contributed by atoms with Gasteiger partial charge in [0.1, 0.15) is 5.82 Å². The normalized spacial score (nSPS) is 10.9. The van der Waals surface area contributed by atoms with Gasteiger partial charge in [-0.2, -0.15) is 0 Å². The lowest BCUT2D eigenvalue weighted by Crippen LogP contribution is -2.25. The molecule has 1 amide bonds. The van der Waals surface area contributed by atoms with Crippen molar-refractivity contribution in [3.8, 4) is 22.6 Å². The Labute approximate surface area is 183 Å². The highest BCUT2D eigenvalue weighted by molar-refractivity contribution is 7.09. The van der Waals surface area contributed by atoms with Crippen LogP contribution in [0.4, 0.5) is 4.39 Å². The van der Waals surface area contributed by atoms with Gasteiger partial charge in [-0.05, 0) is 30.7 Å². The topological polar surface area (TPSA) is 80.9 Å². The largest absolute Gasteiger partial charge is 0.441 e. The predicted octanol–water partition coefficient (Wildman–Crippen LogP) is 4.68. The van der Waals surface area contributed by atoms with E-state index in [1.165, 1.54) is 12.3 Å². The van der Waals surface area contributed by atoms with E-state index in [-0.39, 0.29) is 18.1 Å². The number of aryl methyl sites for hydroxylation is 2. The molecule has 0 atom stereocenters. The van der Waals surface area contributed by atoms with Crippen LogP contribution in [0.3, 0.4) is 0 Å². The number of rotatable bonds is 9. The van der Waals surface area contributed by atoms with E-state index in [4.69, 9.17) is 4.42 Å². The third-order valence-corrected chi connectivity index (χ3v) is 5.58. The van der Waals surface area contributed by atoms with Crippen LogP contribution in [0.15, 0.2) is 64.8 Å². The maximum Gasteiger partial charge on any atom is 0.220 e. The fraction of sp³-hybridized carbons (Fsp3) is 0.217. The van der Waals surface area contributed by atoms with Crippen molar-refractivity contribution in [1.82, 2.24) is 20.3 Å². The number of thiazole rings is 1. The molecule has 0 bridgehead atoms. The van der Waals surface area contributed by atoms with Crippen LogP contribution in [0.5, 0.6) is 0 Å².